The molecule has 1 atom stereocenters. The smallest absolute Gasteiger partial charge is 0.257 e. The van der Waals surface area contributed by atoms with Crippen LogP contribution in [0, 0.1) is 6.92 Å². The number of hydrogen-bond donors (Lipinski definition) is 0. The topological polar surface area (TPSA) is 57.7 Å². The van der Waals surface area contributed by atoms with Crippen LogP contribution in [-0.2, 0) is 9.59 Å². The monoisotopic (exact) mass is 390 g/mol. The van der Waals surface area contributed by atoms with Crippen molar-refractivity contribution in [2.75, 3.05) is 4.90 Å². The Labute approximate surface area is 171 Å². The summed E-state index contributed by atoms with van der Waals surface area (Å²) in [5.74, 6) is -0.700. The summed E-state index contributed by atoms with van der Waals surface area (Å²) in [7, 11) is 0. The minimum atomic E-state index is -0.736. The van der Waals surface area contributed by atoms with Gasteiger partial charge in [-0.25, -0.2) is 4.90 Å². The fourth-order valence-electron chi connectivity index (χ4n) is 4.45. The molecule has 1 aliphatic carbocycles. The molecule has 0 radical (unpaired) electrons. The third kappa shape index (κ3) is 3.82. The second-order valence-electron chi connectivity index (χ2n) is 7.99. The van der Waals surface area contributed by atoms with Crippen LogP contribution in [0.3, 0.4) is 0 Å². The number of nitrogens with zero attached hydrogens (tertiary/aromatic N) is 2. The van der Waals surface area contributed by atoms with Crippen molar-refractivity contribution in [2.45, 2.75) is 57.5 Å². The number of rotatable bonds is 4. The fourth-order valence-corrected chi connectivity index (χ4v) is 4.45. The van der Waals surface area contributed by atoms with Gasteiger partial charge in [-0.2, -0.15) is 0 Å². The van der Waals surface area contributed by atoms with Crippen LogP contribution in [0.5, 0.6) is 0 Å². The number of anilines is 1. The number of imide groups is 1. The Bertz CT molecular complexity index is 901. The van der Waals surface area contributed by atoms with Gasteiger partial charge in [0.15, 0.2) is 0 Å². The van der Waals surface area contributed by atoms with Crippen molar-refractivity contribution >= 4 is 23.4 Å². The lowest BCUT2D eigenvalue weighted by atomic mass is 9.92. The van der Waals surface area contributed by atoms with Crippen LogP contribution in [0.1, 0.15) is 54.4 Å². The first kappa shape index (κ1) is 19.4. The molecule has 2 aromatic carbocycles. The number of carbonyl (C=O) groups excluding carboxylic acids is 3. The Kier molecular flexibility index (Phi) is 5.47. The van der Waals surface area contributed by atoms with E-state index in [0.717, 1.165) is 37.7 Å². The van der Waals surface area contributed by atoms with Crippen molar-refractivity contribution in [1.82, 2.24) is 4.90 Å². The lowest BCUT2D eigenvalue weighted by Crippen LogP contribution is -2.51. The van der Waals surface area contributed by atoms with Crippen molar-refractivity contribution in [3.8, 4) is 0 Å². The summed E-state index contributed by atoms with van der Waals surface area (Å²) in [6.45, 7) is 1.98. The number of carbonyl (C=O) groups is 3. The Morgan fingerprint density at radius 3 is 2.24 bits per heavy atom. The molecule has 2 aliphatic rings. The van der Waals surface area contributed by atoms with Crippen molar-refractivity contribution in [1.29, 1.82) is 0 Å². The Morgan fingerprint density at radius 1 is 0.931 bits per heavy atom. The van der Waals surface area contributed by atoms with Gasteiger partial charge in [0, 0.05) is 11.6 Å². The minimum Gasteiger partial charge on any atom is -0.323 e. The molecule has 4 rings (SSSR count). The highest BCUT2D eigenvalue weighted by Gasteiger charge is 2.46. The molecule has 0 N–H and O–H groups in total. The van der Waals surface area contributed by atoms with Gasteiger partial charge in [0.1, 0.15) is 6.04 Å². The number of aryl methyl sites for hydroxylation is 1. The SMILES string of the molecule is Cc1ccc(C(=O)N(C2CCCCC2)C2CC(=O)N(c3ccccc3)C2=O)cc1. The highest BCUT2D eigenvalue weighted by Crippen LogP contribution is 2.32. The molecule has 1 unspecified atom stereocenters. The third-order valence-electron chi connectivity index (χ3n) is 5.97. The fraction of sp³-hybridized carbons (Fsp3) is 0.375. The highest BCUT2D eigenvalue weighted by molar-refractivity contribution is 6.23. The van der Waals surface area contributed by atoms with Crippen LogP contribution in [-0.4, -0.2) is 34.7 Å². The van der Waals surface area contributed by atoms with E-state index in [1.54, 1.807) is 29.2 Å². The summed E-state index contributed by atoms with van der Waals surface area (Å²) < 4.78 is 0. The van der Waals surface area contributed by atoms with Crippen molar-refractivity contribution in [3.63, 3.8) is 0 Å². The van der Waals surface area contributed by atoms with Gasteiger partial charge in [-0.05, 0) is 44.0 Å². The number of amides is 3. The Hall–Kier alpha value is -2.95. The standard InChI is InChI=1S/C24H26N2O3/c1-17-12-14-18(15-13-17)23(28)25(19-8-4-2-5-9-19)21-16-22(27)26(24(21)29)20-10-6-3-7-11-20/h3,6-7,10-15,19,21H,2,4-5,8-9,16H2,1H3. The summed E-state index contributed by atoms with van der Waals surface area (Å²) in [6.07, 6.45) is 5.03. The lowest BCUT2D eigenvalue weighted by molar-refractivity contribution is -0.123. The van der Waals surface area contributed by atoms with Crippen LogP contribution in [0.25, 0.3) is 0 Å². The number of hydrogen-bond acceptors (Lipinski definition) is 3. The van der Waals surface area contributed by atoms with Gasteiger partial charge in [-0.3, -0.25) is 14.4 Å². The van der Waals surface area contributed by atoms with Crippen LogP contribution in [0.2, 0.25) is 0 Å². The molecule has 150 valence electrons. The van der Waals surface area contributed by atoms with Crippen LogP contribution >= 0.6 is 0 Å². The van der Waals surface area contributed by atoms with E-state index in [1.165, 1.54) is 4.90 Å². The molecular formula is C24H26N2O3. The molecule has 2 aromatic rings. The van der Waals surface area contributed by atoms with E-state index in [4.69, 9.17) is 0 Å². The quantitative estimate of drug-likeness (QED) is 0.739. The molecular weight excluding hydrogens is 364 g/mol. The second kappa shape index (κ2) is 8.19. The van der Waals surface area contributed by atoms with Crippen LogP contribution in [0.15, 0.2) is 54.6 Å². The maximum Gasteiger partial charge on any atom is 0.257 e. The summed E-state index contributed by atoms with van der Waals surface area (Å²) in [4.78, 5) is 42.5. The van der Waals surface area contributed by atoms with Gasteiger partial charge in [-0.1, -0.05) is 55.2 Å². The lowest BCUT2D eigenvalue weighted by Gasteiger charge is -2.37. The van der Waals surface area contributed by atoms with Crippen LogP contribution < -0.4 is 4.90 Å². The van der Waals surface area contributed by atoms with E-state index in [1.807, 2.05) is 37.3 Å². The molecule has 1 aliphatic heterocycles. The molecule has 3 amide bonds. The van der Waals surface area contributed by atoms with Gasteiger partial charge in [0.25, 0.3) is 11.8 Å². The Morgan fingerprint density at radius 2 is 1.59 bits per heavy atom. The molecule has 5 heteroatoms. The molecule has 1 saturated heterocycles. The molecule has 0 aromatic heterocycles. The minimum absolute atomic E-state index is 0.00461. The molecule has 0 bridgehead atoms. The van der Waals surface area contributed by atoms with Crippen LogP contribution in [0.4, 0.5) is 5.69 Å². The zero-order chi connectivity index (χ0) is 20.4. The van der Waals surface area contributed by atoms with E-state index in [-0.39, 0.29) is 30.2 Å². The zero-order valence-corrected chi connectivity index (χ0v) is 16.7. The number of para-hydroxylation sites is 1. The molecule has 1 heterocycles. The van der Waals surface area contributed by atoms with Gasteiger partial charge < -0.3 is 4.90 Å². The maximum atomic E-state index is 13.5. The normalized spacial score (nSPS) is 20.2. The van der Waals surface area contributed by atoms with E-state index in [2.05, 4.69) is 0 Å². The second-order valence-corrected chi connectivity index (χ2v) is 7.99. The summed E-state index contributed by atoms with van der Waals surface area (Å²) in [6, 6.07) is 15.7. The van der Waals surface area contributed by atoms with E-state index in [9.17, 15) is 14.4 Å². The largest absolute Gasteiger partial charge is 0.323 e. The van der Waals surface area contributed by atoms with E-state index in [0.29, 0.717) is 11.3 Å². The Balaban J connectivity index is 1.67. The van der Waals surface area contributed by atoms with Crippen molar-refractivity contribution in [3.05, 3.63) is 65.7 Å². The van der Waals surface area contributed by atoms with Gasteiger partial charge in [-0.15, -0.1) is 0 Å². The first-order chi connectivity index (χ1) is 14.1. The number of benzene rings is 2. The first-order valence-corrected chi connectivity index (χ1v) is 10.4. The summed E-state index contributed by atoms with van der Waals surface area (Å²) in [5.41, 5.74) is 2.21. The first-order valence-electron chi connectivity index (χ1n) is 10.4. The molecule has 29 heavy (non-hydrogen) atoms. The van der Waals surface area contributed by atoms with Crippen molar-refractivity contribution in [2.24, 2.45) is 0 Å². The highest BCUT2D eigenvalue weighted by atomic mass is 16.2. The van der Waals surface area contributed by atoms with Crippen molar-refractivity contribution < 1.29 is 14.4 Å². The third-order valence-corrected chi connectivity index (χ3v) is 5.97. The van der Waals surface area contributed by atoms with Gasteiger partial charge in [0.2, 0.25) is 5.91 Å². The predicted molar refractivity (Wildman–Crippen MR) is 112 cm³/mol. The predicted octanol–water partition coefficient (Wildman–Crippen LogP) is 4.10. The van der Waals surface area contributed by atoms with E-state index < -0.39 is 6.04 Å². The van der Waals surface area contributed by atoms with Gasteiger partial charge in [0.05, 0.1) is 12.1 Å². The molecule has 5 nitrogen and oxygen atoms in total. The average molecular weight is 390 g/mol. The zero-order valence-electron chi connectivity index (χ0n) is 16.7. The average Bonchev–Trinajstić information content (AvgIpc) is 3.04. The summed E-state index contributed by atoms with van der Waals surface area (Å²) >= 11 is 0. The molecule has 2 fully saturated rings. The maximum absolute atomic E-state index is 13.5. The molecule has 1 saturated carbocycles. The molecule has 0 spiro atoms. The summed E-state index contributed by atoms with van der Waals surface area (Å²) in [5, 5.41) is 0. The van der Waals surface area contributed by atoms with Gasteiger partial charge >= 0.3 is 0 Å². The van der Waals surface area contributed by atoms with E-state index >= 15 is 0 Å².